The fraction of sp³-hybridized carbons (Fsp3) is 0.667. The minimum absolute atomic E-state index is 0.476. The van der Waals surface area contributed by atoms with Crippen molar-refractivity contribution in [2.24, 2.45) is 22.6 Å². The number of aliphatic imine (C=N–C) groups is 1. The number of likely N-dealkylation sites (tertiary alicyclic amines) is 1. The summed E-state index contributed by atoms with van der Waals surface area (Å²) in [4.78, 5) is 7.22. The Bertz CT molecular complexity index is 548. The highest BCUT2D eigenvalue weighted by Crippen LogP contribution is 2.21. The molecule has 1 atom stereocenters. The second kappa shape index (κ2) is 10.4. The molecule has 5 heteroatoms. The van der Waals surface area contributed by atoms with Crippen LogP contribution in [0, 0.1) is 11.8 Å². The smallest absolute Gasteiger partial charge is 0.188 e. The van der Waals surface area contributed by atoms with Gasteiger partial charge in [-0.15, -0.1) is 0 Å². The van der Waals surface area contributed by atoms with Crippen molar-refractivity contribution < 1.29 is 4.74 Å². The summed E-state index contributed by atoms with van der Waals surface area (Å²) in [5, 5.41) is 3.24. The van der Waals surface area contributed by atoms with E-state index < -0.39 is 0 Å². The molecule has 2 rings (SSSR count). The zero-order valence-electron chi connectivity index (χ0n) is 16.9. The van der Waals surface area contributed by atoms with Gasteiger partial charge in [0.1, 0.15) is 5.75 Å². The predicted octanol–water partition coefficient (Wildman–Crippen LogP) is 2.90. The molecule has 1 aromatic rings. The molecule has 1 aliphatic rings. The monoisotopic (exact) mass is 360 g/mol. The van der Waals surface area contributed by atoms with Crippen molar-refractivity contribution in [2.75, 3.05) is 33.3 Å². The van der Waals surface area contributed by atoms with Crippen LogP contribution in [0.15, 0.2) is 29.3 Å². The second-order valence-corrected chi connectivity index (χ2v) is 7.78. The van der Waals surface area contributed by atoms with E-state index in [0.29, 0.717) is 17.9 Å². The van der Waals surface area contributed by atoms with Crippen molar-refractivity contribution >= 4 is 5.96 Å². The van der Waals surface area contributed by atoms with Gasteiger partial charge in [-0.2, -0.15) is 0 Å². The molecular weight excluding hydrogens is 324 g/mol. The number of nitrogens with one attached hydrogen (secondary N) is 1. The molecule has 0 bridgehead atoms. The minimum Gasteiger partial charge on any atom is -0.497 e. The summed E-state index contributed by atoms with van der Waals surface area (Å²) in [5.41, 5.74) is 7.34. The standard InChI is InChI=1S/C21H36N4O/c1-16(2)20(25-13-10-17(3)11-14-25)15-24-21(22)23-12-9-18-5-7-19(26-4)8-6-18/h5-8,16-17,20H,9-15H2,1-4H3,(H3,22,23,24). The molecule has 0 aromatic heterocycles. The lowest BCUT2D eigenvalue weighted by Gasteiger charge is -2.38. The van der Waals surface area contributed by atoms with Gasteiger partial charge < -0.3 is 15.8 Å². The van der Waals surface area contributed by atoms with E-state index in [0.717, 1.165) is 31.2 Å². The molecule has 0 aliphatic carbocycles. The van der Waals surface area contributed by atoms with Crippen LogP contribution < -0.4 is 15.8 Å². The maximum absolute atomic E-state index is 6.08. The zero-order chi connectivity index (χ0) is 18.9. The number of hydrogen-bond acceptors (Lipinski definition) is 3. The largest absolute Gasteiger partial charge is 0.497 e. The molecule has 1 heterocycles. The third-order valence-electron chi connectivity index (χ3n) is 5.38. The van der Waals surface area contributed by atoms with Crippen LogP contribution in [0.3, 0.4) is 0 Å². The Kier molecular flexibility index (Phi) is 8.23. The van der Waals surface area contributed by atoms with Crippen LogP contribution in [0.5, 0.6) is 5.75 Å². The normalized spacial score (nSPS) is 18.1. The lowest BCUT2D eigenvalue weighted by molar-refractivity contribution is 0.113. The number of ether oxygens (including phenoxy) is 1. The average molecular weight is 361 g/mol. The van der Waals surface area contributed by atoms with E-state index in [4.69, 9.17) is 10.5 Å². The van der Waals surface area contributed by atoms with Crippen LogP contribution in [0.25, 0.3) is 0 Å². The Morgan fingerprint density at radius 1 is 1.27 bits per heavy atom. The van der Waals surface area contributed by atoms with Gasteiger partial charge in [-0.3, -0.25) is 9.89 Å². The Morgan fingerprint density at radius 2 is 1.92 bits per heavy atom. The van der Waals surface area contributed by atoms with Crippen LogP contribution >= 0.6 is 0 Å². The highest BCUT2D eigenvalue weighted by molar-refractivity contribution is 5.77. The molecule has 1 aromatic carbocycles. The molecule has 1 fully saturated rings. The maximum atomic E-state index is 6.08. The topological polar surface area (TPSA) is 62.9 Å². The summed E-state index contributed by atoms with van der Waals surface area (Å²) in [5.74, 6) is 2.87. The number of methoxy groups -OCH3 is 1. The Hall–Kier alpha value is -1.75. The molecule has 1 unspecified atom stereocenters. The molecule has 0 saturated carbocycles. The predicted molar refractivity (Wildman–Crippen MR) is 110 cm³/mol. The molecule has 0 amide bonds. The first-order chi connectivity index (χ1) is 12.5. The van der Waals surface area contributed by atoms with E-state index in [1.54, 1.807) is 7.11 Å². The fourth-order valence-electron chi connectivity index (χ4n) is 3.48. The molecule has 1 saturated heterocycles. The average Bonchev–Trinajstić information content (AvgIpc) is 2.63. The van der Waals surface area contributed by atoms with Crippen molar-refractivity contribution in [2.45, 2.75) is 46.1 Å². The van der Waals surface area contributed by atoms with Crippen LogP contribution in [-0.4, -0.2) is 50.2 Å². The molecule has 146 valence electrons. The molecule has 1 aliphatic heterocycles. The van der Waals surface area contributed by atoms with Gasteiger partial charge in [0.2, 0.25) is 0 Å². The Balaban J connectivity index is 1.77. The number of nitrogens with two attached hydrogens (primary N) is 1. The van der Waals surface area contributed by atoms with E-state index in [1.165, 1.54) is 31.5 Å². The van der Waals surface area contributed by atoms with Crippen molar-refractivity contribution in [3.63, 3.8) is 0 Å². The minimum atomic E-state index is 0.476. The molecule has 0 spiro atoms. The Labute approximate surface area is 159 Å². The number of piperidine rings is 1. The number of nitrogens with zero attached hydrogens (tertiary/aromatic N) is 2. The lowest BCUT2D eigenvalue weighted by atomic mass is 9.94. The molecule has 0 radical (unpaired) electrons. The van der Waals surface area contributed by atoms with Crippen LogP contribution in [0.1, 0.15) is 39.2 Å². The van der Waals surface area contributed by atoms with Gasteiger partial charge in [-0.05, 0) is 61.9 Å². The van der Waals surface area contributed by atoms with E-state index in [9.17, 15) is 0 Å². The summed E-state index contributed by atoms with van der Waals surface area (Å²) in [6.45, 7) is 10.8. The van der Waals surface area contributed by atoms with Crippen molar-refractivity contribution in [1.29, 1.82) is 0 Å². The first-order valence-corrected chi connectivity index (χ1v) is 9.90. The highest BCUT2D eigenvalue weighted by Gasteiger charge is 2.25. The van der Waals surface area contributed by atoms with Gasteiger partial charge in [0, 0.05) is 12.6 Å². The van der Waals surface area contributed by atoms with E-state index >= 15 is 0 Å². The third kappa shape index (κ3) is 6.52. The van der Waals surface area contributed by atoms with Gasteiger partial charge in [0.25, 0.3) is 0 Å². The molecule has 26 heavy (non-hydrogen) atoms. The van der Waals surface area contributed by atoms with Gasteiger partial charge in [0.05, 0.1) is 13.7 Å². The first kappa shape index (κ1) is 20.6. The second-order valence-electron chi connectivity index (χ2n) is 7.78. The zero-order valence-corrected chi connectivity index (χ0v) is 16.9. The fourth-order valence-corrected chi connectivity index (χ4v) is 3.48. The van der Waals surface area contributed by atoms with Crippen molar-refractivity contribution in [3.8, 4) is 5.75 Å². The number of guanidine groups is 1. The number of hydrogen-bond donors (Lipinski definition) is 2. The van der Waals surface area contributed by atoms with Gasteiger partial charge >= 0.3 is 0 Å². The van der Waals surface area contributed by atoms with Gasteiger partial charge in [-0.25, -0.2) is 0 Å². The summed E-state index contributed by atoms with van der Waals surface area (Å²) >= 11 is 0. The van der Waals surface area contributed by atoms with Crippen LogP contribution in [0.4, 0.5) is 0 Å². The van der Waals surface area contributed by atoms with E-state index in [1.807, 2.05) is 12.1 Å². The van der Waals surface area contributed by atoms with Gasteiger partial charge in [-0.1, -0.05) is 32.9 Å². The highest BCUT2D eigenvalue weighted by atomic mass is 16.5. The van der Waals surface area contributed by atoms with Gasteiger partial charge in [0.15, 0.2) is 5.96 Å². The summed E-state index contributed by atoms with van der Waals surface area (Å²) in [7, 11) is 1.68. The lowest BCUT2D eigenvalue weighted by Crippen LogP contribution is -2.46. The quantitative estimate of drug-likeness (QED) is 0.553. The Morgan fingerprint density at radius 3 is 2.50 bits per heavy atom. The van der Waals surface area contributed by atoms with E-state index in [-0.39, 0.29) is 0 Å². The SMILES string of the molecule is COc1ccc(CCNC(N)=NCC(C(C)C)N2CCC(C)CC2)cc1. The van der Waals surface area contributed by atoms with Crippen LogP contribution in [0.2, 0.25) is 0 Å². The number of benzene rings is 1. The van der Waals surface area contributed by atoms with Crippen molar-refractivity contribution in [1.82, 2.24) is 10.2 Å². The van der Waals surface area contributed by atoms with E-state index in [2.05, 4.69) is 48.1 Å². The van der Waals surface area contributed by atoms with Crippen LogP contribution in [-0.2, 0) is 6.42 Å². The molecule has 3 N–H and O–H groups in total. The first-order valence-electron chi connectivity index (χ1n) is 9.90. The maximum Gasteiger partial charge on any atom is 0.188 e. The van der Waals surface area contributed by atoms with Crippen molar-refractivity contribution in [3.05, 3.63) is 29.8 Å². The molecular formula is C21H36N4O. The number of rotatable bonds is 8. The summed E-state index contributed by atoms with van der Waals surface area (Å²) in [6, 6.07) is 8.61. The third-order valence-corrected chi connectivity index (χ3v) is 5.38. The summed E-state index contributed by atoms with van der Waals surface area (Å²) < 4.78 is 5.18. The molecule has 5 nitrogen and oxygen atoms in total. The summed E-state index contributed by atoms with van der Waals surface area (Å²) in [6.07, 6.45) is 3.50.